The van der Waals surface area contributed by atoms with Crippen LogP contribution in [0.1, 0.15) is 5.56 Å². The summed E-state index contributed by atoms with van der Waals surface area (Å²) >= 11 is 12.2. The zero-order valence-electron chi connectivity index (χ0n) is 17.1. The summed E-state index contributed by atoms with van der Waals surface area (Å²) < 4.78 is 0. The van der Waals surface area contributed by atoms with E-state index in [4.69, 9.17) is 23.2 Å². The number of carbonyl (C=O) groups is 1. The van der Waals surface area contributed by atoms with Crippen LogP contribution in [-0.2, 0) is 4.79 Å². The van der Waals surface area contributed by atoms with Crippen molar-refractivity contribution >= 4 is 95.1 Å². The number of hydrogen-bond acceptors (Lipinski definition) is 5. The fraction of sp³-hybridized carbons (Fsp3) is 0.190. The molecule has 4 heterocycles. The summed E-state index contributed by atoms with van der Waals surface area (Å²) in [5.74, 6) is 0.396. The van der Waals surface area contributed by atoms with E-state index in [0.29, 0.717) is 21.7 Å². The molecule has 0 atom stereocenters. The number of anilines is 1. The first-order valence-electron chi connectivity index (χ1n) is 9.57. The molecule has 1 saturated heterocycles. The summed E-state index contributed by atoms with van der Waals surface area (Å²) in [7, 11) is 0. The second kappa shape index (κ2) is 11.3. The van der Waals surface area contributed by atoms with Crippen molar-refractivity contribution in [3.63, 3.8) is 0 Å². The number of fused-ring (bicyclic) bond motifs is 1. The number of aromatic amines is 1. The molecule has 176 valence electrons. The van der Waals surface area contributed by atoms with E-state index in [1.165, 1.54) is 0 Å². The zero-order chi connectivity index (χ0) is 20.7. The number of H-pyrrole nitrogens is 1. The Hall–Kier alpha value is -2.16. The lowest BCUT2D eigenvalue weighted by atomic mass is 10.2. The van der Waals surface area contributed by atoms with Gasteiger partial charge >= 0.3 is 0 Å². The highest BCUT2D eigenvalue weighted by Crippen LogP contribution is 2.28. The highest BCUT2D eigenvalue weighted by molar-refractivity contribution is 6.42. The number of amides is 1. The van der Waals surface area contributed by atoms with Gasteiger partial charge in [0.15, 0.2) is 0 Å². The minimum atomic E-state index is -0.199. The predicted octanol–water partition coefficient (Wildman–Crippen LogP) is 4.78. The largest absolute Gasteiger partial charge is 0.368 e. The van der Waals surface area contributed by atoms with Crippen LogP contribution in [0.15, 0.2) is 53.4 Å². The van der Waals surface area contributed by atoms with E-state index in [-0.39, 0.29) is 43.1 Å². The Bertz CT molecular complexity index is 1200. The molecule has 7 nitrogen and oxygen atoms in total. The highest BCUT2D eigenvalue weighted by Gasteiger charge is 2.27. The molecule has 0 saturated carbocycles. The summed E-state index contributed by atoms with van der Waals surface area (Å²) in [5, 5.41) is 4.94. The first-order valence-corrected chi connectivity index (χ1v) is 10.3. The average molecular weight is 551 g/mol. The molecular formula is C21H21Cl5N6O. The Kier molecular flexibility index (Phi) is 9.29. The Morgan fingerprint density at radius 1 is 0.970 bits per heavy atom. The van der Waals surface area contributed by atoms with Crippen molar-refractivity contribution in [1.82, 2.24) is 20.2 Å². The molecular weight excluding hydrogens is 530 g/mol. The van der Waals surface area contributed by atoms with Gasteiger partial charge in [0.1, 0.15) is 11.3 Å². The van der Waals surface area contributed by atoms with Crippen LogP contribution in [0.5, 0.6) is 0 Å². The van der Waals surface area contributed by atoms with Crippen molar-refractivity contribution in [2.45, 2.75) is 0 Å². The maximum absolute atomic E-state index is 12.5. The number of halogens is 5. The van der Waals surface area contributed by atoms with E-state index in [9.17, 15) is 4.79 Å². The molecule has 1 aromatic carbocycles. The van der Waals surface area contributed by atoms with E-state index in [0.717, 1.165) is 48.5 Å². The van der Waals surface area contributed by atoms with E-state index < -0.39 is 0 Å². The molecule has 0 unspecified atom stereocenters. The predicted molar refractivity (Wildman–Crippen MR) is 142 cm³/mol. The number of nitrogens with one attached hydrogen (secondary N) is 2. The van der Waals surface area contributed by atoms with Crippen LogP contribution in [0.3, 0.4) is 0 Å². The van der Waals surface area contributed by atoms with Crippen LogP contribution >= 0.6 is 60.4 Å². The van der Waals surface area contributed by atoms with Crippen molar-refractivity contribution < 1.29 is 4.79 Å². The third kappa shape index (κ3) is 5.50. The highest BCUT2D eigenvalue weighted by atomic mass is 35.5. The number of hydrogen-bond donors (Lipinski definition) is 2. The normalized spacial score (nSPS) is 16.6. The SMILES string of the molecule is Cl.Cl.Cl.O=C1NC(N2CCN(c3ccc(Cl)c(Cl)c3)CC2)=NC1=Cc1c[nH]c2ncccc12. The first kappa shape index (κ1) is 27.1. The van der Waals surface area contributed by atoms with Gasteiger partial charge in [-0.2, -0.15) is 0 Å². The molecule has 2 aliphatic rings. The van der Waals surface area contributed by atoms with Gasteiger partial charge in [0, 0.05) is 55.2 Å². The molecule has 0 spiro atoms. The number of aromatic nitrogens is 2. The fourth-order valence-corrected chi connectivity index (χ4v) is 4.00. The van der Waals surface area contributed by atoms with E-state index in [2.05, 4.69) is 30.1 Å². The number of pyridine rings is 1. The Balaban J connectivity index is 0.00000128. The lowest BCUT2D eigenvalue weighted by Gasteiger charge is -2.36. The van der Waals surface area contributed by atoms with Crippen molar-refractivity contribution in [3.8, 4) is 0 Å². The number of guanidine groups is 1. The number of rotatable bonds is 2. The van der Waals surface area contributed by atoms with Crippen LogP contribution in [0.2, 0.25) is 10.0 Å². The zero-order valence-corrected chi connectivity index (χ0v) is 21.1. The van der Waals surface area contributed by atoms with E-state index >= 15 is 0 Å². The minimum Gasteiger partial charge on any atom is -0.368 e. The Labute approximate surface area is 219 Å². The van der Waals surface area contributed by atoms with Gasteiger partial charge in [-0.15, -0.1) is 37.2 Å². The van der Waals surface area contributed by atoms with Crippen LogP contribution in [-0.4, -0.2) is 52.9 Å². The Morgan fingerprint density at radius 3 is 2.42 bits per heavy atom. The summed E-state index contributed by atoms with van der Waals surface area (Å²) in [6.07, 6.45) is 5.35. The molecule has 2 aliphatic heterocycles. The van der Waals surface area contributed by atoms with Crippen molar-refractivity contribution in [3.05, 3.63) is 64.0 Å². The Morgan fingerprint density at radius 2 is 1.70 bits per heavy atom. The molecule has 1 fully saturated rings. The number of nitrogens with zero attached hydrogens (tertiary/aromatic N) is 4. The van der Waals surface area contributed by atoms with Gasteiger partial charge < -0.3 is 14.8 Å². The van der Waals surface area contributed by atoms with Crippen LogP contribution in [0.4, 0.5) is 5.69 Å². The monoisotopic (exact) mass is 548 g/mol. The maximum Gasteiger partial charge on any atom is 0.276 e. The summed E-state index contributed by atoms with van der Waals surface area (Å²) in [4.78, 5) is 28.7. The second-order valence-corrected chi connectivity index (χ2v) is 7.95. The number of carbonyl (C=O) groups excluding carboxylic acids is 1. The smallest absolute Gasteiger partial charge is 0.276 e. The topological polar surface area (TPSA) is 76.6 Å². The van der Waals surface area contributed by atoms with Crippen molar-refractivity contribution in [2.75, 3.05) is 31.1 Å². The van der Waals surface area contributed by atoms with Crippen LogP contribution in [0, 0.1) is 0 Å². The van der Waals surface area contributed by atoms with Gasteiger partial charge in [0.05, 0.1) is 10.0 Å². The molecule has 2 N–H and O–H groups in total. The quantitative estimate of drug-likeness (QED) is 0.450. The summed E-state index contributed by atoms with van der Waals surface area (Å²) in [6.45, 7) is 3.06. The van der Waals surface area contributed by atoms with Gasteiger partial charge in [0.25, 0.3) is 5.91 Å². The lowest BCUT2D eigenvalue weighted by molar-refractivity contribution is -0.115. The molecule has 0 radical (unpaired) electrons. The van der Waals surface area contributed by atoms with E-state index in [1.807, 2.05) is 36.5 Å². The van der Waals surface area contributed by atoms with Crippen LogP contribution in [0.25, 0.3) is 17.1 Å². The van der Waals surface area contributed by atoms with Gasteiger partial charge in [-0.1, -0.05) is 23.2 Å². The van der Waals surface area contributed by atoms with Crippen molar-refractivity contribution in [2.24, 2.45) is 4.99 Å². The first-order chi connectivity index (χ1) is 14.6. The maximum atomic E-state index is 12.5. The fourth-order valence-electron chi connectivity index (χ4n) is 3.71. The molecule has 0 bridgehead atoms. The second-order valence-electron chi connectivity index (χ2n) is 7.14. The molecule has 33 heavy (non-hydrogen) atoms. The molecule has 1 amide bonds. The average Bonchev–Trinajstić information content (AvgIpc) is 3.34. The van der Waals surface area contributed by atoms with Gasteiger partial charge in [0.2, 0.25) is 5.96 Å². The molecule has 3 aromatic rings. The van der Waals surface area contributed by atoms with Crippen LogP contribution < -0.4 is 10.2 Å². The third-order valence-corrected chi connectivity index (χ3v) is 6.05. The molecule has 0 aliphatic carbocycles. The standard InChI is InChI=1S/C21H18Cl2N6O.3ClH/c22-16-4-3-14(11-17(16)23)28-6-8-29(9-7-28)21-26-18(20(30)27-21)10-13-12-25-19-15(13)2-1-5-24-19;;;/h1-5,10-12H,6-9H2,(H,24,25)(H,26,27,30);3*1H. The van der Waals surface area contributed by atoms with E-state index in [1.54, 1.807) is 12.3 Å². The van der Waals surface area contributed by atoms with Gasteiger partial charge in [-0.05, 0) is 36.4 Å². The number of benzene rings is 1. The van der Waals surface area contributed by atoms with Gasteiger partial charge in [-0.3, -0.25) is 10.1 Å². The summed E-state index contributed by atoms with van der Waals surface area (Å²) in [5.41, 5.74) is 3.10. The van der Waals surface area contributed by atoms with Gasteiger partial charge in [-0.25, -0.2) is 9.98 Å². The molecule has 12 heteroatoms. The molecule has 5 rings (SSSR count). The minimum absolute atomic E-state index is 0. The molecule has 2 aromatic heterocycles. The number of aliphatic imine (C=N–C) groups is 1. The summed E-state index contributed by atoms with van der Waals surface area (Å²) in [6, 6.07) is 9.49. The lowest BCUT2D eigenvalue weighted by Crippen LogP contribution is -2.52. The third-order valence-electron chi connectivity index (χ3n) is 5.31. The number of piperazine rings is 1. The van der Waals surface area contributed by atoms with Crippen molar-refractivity contribution in [1.29, 1.82) is 0 Å².